The van der Waals surface area contributed by atoms with Crippen molar-refractivity contribution in [3.8, 4) is 28.3 Å². The number of carbonyl (C=O) groups excluding carboxylic acids is 1. The standard InChI is InChI=1S/C31H30N2O4.Na/c34-28(35)20-36-27-18-8-14-23-24(27)15-7-16-25(23)33-19-9-17-26(33)31-32-29(21-10-3-1-4-11-21)30(37-31)22-12-5-2-6-13-22;/h1-6,8,10-14,18,25-26H,7,9,15-17,19-20H2,(H,34,35);/q;+1/p-1/t25-,26+;/m0./s1. The van der Waals surface area contributed by atoms with Crippen LogP contribution in [0, 0.1) is 0 Å². The van der Waals surface area contributed by atoms with E-state index in [0.717, 1.165) is 72.7 Å². The van der Waals surface area contributed by atoms with Crippen LogP contribution in [-0.4, -0.2) is 29.0 Å². The van der Waals surface area contributed by atoms with Crippen LogP contribution in [0.5, 0.6) is 5.75 Å². The average Bonchev–Trinajstić information content (AvgIpc) is 3.60. The van der Waals surface area contributed by atoms with Crippen LogP contribution in [0.2, 0.25) is 0 Å². The van der Waals surface area contributed by atoms with Crippen molar-refractivity contribution in [2.24, 2.45) is 0 Å². The molecule has 1 aliphatic heterocycles. The van der Waals surface area contributed by atoms with Crippen LogP contribution in [0.3, 0.4) is 0 Å². The third-order valence-corrected chi connectivity index (χ3v) is 7.48. The van der Waals surface area contributed by atoms with Gasteiger partial charge in [-0.3, -0.25) is 4.90 Å². The van der Waals surface area contributed by atoms with Gasteiger partial charge in [0.1, 0.15) is 18.1 Å². The minimum Gasteiger partial charge on any atom is -0.546 e. The third kappa shape index (κ3) is 5.32. The molecule has 0 spiro atoms. The summed E-state index contributed by atoms with van der Waals surface area (Å²) < 4.78 is 12.2. The number of ether oxygens (including phenoxy) is 1. The van der Waals surface area contributed by atoms with Gasteiger partial charge in [0.25, 0.3) is 0 Å². The van der Waals surface area contributed by atoms with Gasteiger partial charge >= 0.3 is 29.6 Å². The van der Waals surface area contributed by atoms with Crippen LogP contribution in [0.25, 0.3) is 22.6 Å². The Morgan fingerprint density at radius 1 is 0.921 bits per heavy atom. The molecule has 2 aliphatic rings. The van der Waals surface area contributed by atoms with Crippen molar-refractivity contribution in [2.45, 2.75) is 44.2 Å². The van der Waals surface area contributed by atoms with E-state index < -0.39 is 12.6 Å². The maximum absolute atomic E-state index is 11.0. The molecular weight excluding hydrogens is 487 g/mol. The predicted octanol–water partition coefficient (Wildman–Crippen LogP) is 2.36. The fourth-order valence-corrected chi connectivity index (χ4v) is 5.89. The molecule has 1 aliphatic carbocycles. The first-order valence-corrected chi connectivity index (χ1v) is 13.0. The zero-order chi connectivity index (χ0) is 25.2. The molecule has 1 fully saturated rings. The van der Waals surface area contributed by atoms with Gasteiger partial charge in [0.15, 0.2) is 5.76 Å². The van der Waals surface area contributed by atoms with Gasteiger partial charge in [-0.25, -0.2) is 4.98 Å². The molecule has 188 valence electrons. The van der Waals surface area contributed by atoms with E-state index in [2.05, 4.69) is 35.2 Å². The van der Waals surface area contributed by atoms with E-state index in [1.165, 1.54) is 5.56 Å². The quantitative estimate of drug-likeness (QED) is 0.351. The fraction of sp³-hybridized carbons (Fsp3) is 0.290. The summed E-state index contributed by atoms with van der Waals surface area (Å²) in [4.78, 5) is 18.6. The number of fused-ring (bicyclic) bond motifs is 1. The maximum Gasteiger partial charge on any atom is 1.00 e. The topological polar surface area (TPSA) is 78.6 Å². The summed E-state index contributed by atoms with van der Waals surface area (Å²) in [5.74, 6) is 0.996. The van der Waals surface area contributed by atoms with E-state index in [1.807, 2.05) is 48.5 Å². The number of aromatic nitrogens is 1. The second-order valence-corrected chi connectivity index (χ2v) is 9.75. The summed E-state index contributed by atoms with van der Waals surface area (Å²) >= 11 is 0. The molecule has 0 radical (unpaired) electrons. The van der Waals surface area contributed by atoms with Crippen LogP contribution in [0.1, 0.15) is 54.8 Å². The third-order valence-electron chi connectivity index (χ3n) is 7.48. The molecule has 0 N–H and O–H groups in total. The number of carboxylic acids is 1. The predicted molar refractivity (Wildman–Crippen MR) is 139 cm³/mol. The van der Waals surface area contributed by atoms with Gasteiger partial charge in [-0.2, -0.15) is 0 Å². The molecule has 4 aromatic rings. The van der Waals surface area contributed by atoms with E-state index in [4.69, 9.17) is 14.1 Å². The van der Waals surface area contributed by atoms with Crippen molar-refractivity contribution in [3.63, 3.8) is 0 Å². The number of rotatable bonds is 7. The summed E-state index contributed by atoms with van der Waals surface area (Å²) in [7, 11) is 0. The molecule has 7 heteroatoms. The Hall–Kier alpha value is -2.90. The summed E-state index contributed by atoms with van der Waals surface area (Å²) in [6.07, 6.45) is 4.98. The second-order valence-electron chi connectivity index (χ2n) is 9.75. The Morgan fingerprint density at radius 2 is 1.63 bits per heavy atom. The van der Waals surface area contributed by atoms with Gasteiger partial charge in [-0.05, 0) is 55.8 Å². The summed E-state index contributed by atoms with van der Waals surface area (Å²) in [6.45, 7) is 0.525. The van der Waals surface area contributed by atoms with Gasteiger partial charge in [0, 0.05) is 17.2 Å². The molecule has 3 aromatic carbocycles. The van der Waals surface area contributed by atoms with E-state index in [1.54, 1.807) is 0 Å². The normalized spacial score (nSPS) is 18.9. The monoisotopic (exact) mass is 516 g/mol. The van der Waals surface area contributed by atoms with Crippen LogP contribution in [0.15, 0.2) is 83.3 Å². The Kier molecular flexibility index (Phi) is 8.34. The van der Waals surface area contributed by atoms with Crippen molar-refractivity contribution in [2.75, 3.05) is 13.2 Å². The molecular formula is C31H29N2NaO4. The zero-order valence-electron chi connectivity index (χ0n) is 21.6. The van der Waals surface area contributed by atoms with Crippen LogP contribution in [0.4, 0.5) is 0 Å². The Bertz CT molecular complexity index is 1330. The molecule has 0 saturated carbocycles. The minimum absolute atomic E-state index is 0. The van der Waals surface area contributed by atoms with E-state index >= 15 is 0 Å². The van der Waals surface area contributed by atoms with E-state index in [-0.39, 0.29) is 41.6 Å². The first-order valence-electron chi connectivity index (χ1n) is 13.0. The van der Waals surface area contributed by atoms with Crippen LogP contribution < -0.4 is 39.4 Å². The number of hydrogen-bond donors (Lipinski definition) is 0. The molecule has 1 saturated heterocycles. The molecule has 0 unspecified atom stereocenters. The molecule has 0 amide bonds. The maximum atomic E-state index is 11.0. The molecule has 6 nitrogen and oxygen atoms in total. The van der Waals surface area contributed by atoms with Crippen LogP contribution >= 0.6 is 0 Å². The van der Waals surface area contributed by atoms with Crippen molar-refractivity contribution >= 4 is 5.97 Å². The number of nitrogens with zero attached hydrogens (tertiary/aromatic N) is 2. The molecule has 38 heavy (non-hydrogen) atoms. The number of carboxylic acid groups (broad SMARTS) is 1. The Morgan fingerprint density at radius 3 is 2.37 bits per heavy atom. The smallest absolute Gasteiger partial charge is 0.546 e. The molecule has 2 atom stereocenters. The summed E-state index contributed by atoms with van der Waals surface area (Å²) in [5, 5.41) is 11.0. The van der Waals surface area contributed by atoms with Gasteiger partial charge < -0.3 is 19.1 Å². The number of aliphatic carboxylic acids is 1. The summed E-state index contributed by atoms with van der Waals surface area (Å²) in [6, 6.07) is 26.6. The number of likely N-dealkylation sites (tertiary alicyclic amines) is 1. The van der Waals surface area contributed by atoms with Crippen molar-refractivity contribution in [1.82, 2.24) is 9.88 Å². The van der Waals surface area contributed by atoms with E-state index in [9.17, 15) is 9.90 Å². The minimum atomic E-state index is -1.21. The van der Waals surface area contributed by atoms with Gasteiger partial charge in [-0.15, -0.1) is 0 Å². The largest absolute Gasteiger partial charge is 1.00 e. The fourth-order valence-electron chi connectivity index (χ4n) is 5.89. The Labute approximate surface area is 244 Å². The SMILES string of the molecule is O=C([O-])COc1cccc2c1CCC[C@@H]2N1CCC[C@@H]1c1nc(-c2ccccc2)c(-c2ccccc2)o1.[Na+]. The molecule has 2 heterocycles. The number of benzene rings is 3. The molecule has 1 aromatic heterocycles. The second kappa shape index (κ2) is 11.9. The van der Waals surface area contributed by atoms with Gasteiger partial charge in [0.2, 0.25) is 5.89 Å². The first-order chi connectivity index (χ1) is 18.2. The number of oxazole rings is 1. The van der Waals surface area contributed by atoms with E-state index in [0.29, 0.717) is 5.75 Å². The Balaban J connectivity index is 0.00000294. The summed E-state index contributed by atoms with van der Waals surface area (Å²) in [5.41, 5.74) is 5.25. The molecule has 6 rings (SSSR count). The van der Waals surface area contributed by atoms with Gasteiger partial charge in [-0.1, -0.05) is 72.8 Å². The zero-order valence-corrected chi connectivity index (χ0v) is 23.6. The number of hydrogen-bond acceptors (Lipinski definition) is 6. The number of carbonyl (C=O) groups is 1. The van der Waals surface area contributed by atoms with Crippen molar-refractivity contribution in [1.29, 1.82) is 0 Å². The van der Waals surface area contributed by atoms with Gasteiger partial charge in [0.05, 0.1) is 12.0 Å². The van der Waals surface area contributed by atoms with Crippen molar-refractivity contribution in [3.05, 3.63) is 95.9 Å². The van der Waals surface area contributed by atoms with Crippen molar-refractivity contribution < 1.29 is 48.6 Å². The first kappa shape index (κ1) is 26.7. The average molecular weight is 517 g/mol. The van der Waals surface area contributed by atoms with Crippen LogP contribution in [-0.2, 0) is 11.2 Å². The molecule has 0 bridgehead atoms.